The summed E-state index contributed by atoms with van der Waals surface area (Å²) in [5, 5.41) is 16.6. The number of aromatic amines is 1. The van der Waals surface area contributed by atoms with Gasteiger partial charge in [-0.25, -0.2) is 9.80 Å². The summed E-state index contributed by atoms with van der Waals surface area (Å²) in [6, 6.07) is 11.8. The Morgan fingerprint density at radius 2 is 1.72 bits per heavy atom. The molecule has 0 radical (unpaired) electrons. The number of hydrogen-bond acceptors (Lipinski definition) is 8. The Balaban J connectivity index is 1.79. The Labute approximate surface area is 206 Å². The van der Waals surface area contributed by atoms with Gasteiger partial charge in [0, 0.05) is 13.3 Å². The number of carbonyl (C=O) groups is 1. The minimum absolute atomic E-state index is 0.0370. The Bertz CT molecular complexity index is 1420. The first kappa shape index (κ1) is 24.6. The lowest BCUT2D eigenvalue weighted by atomic mass is 9.98. The molecule has 1 atom stereocenters. The van der Waals surface area contributed by atoms with Gasteiger partial charge in [-0.1, -0.05) is 30.3 Å². The zero-order valence-electron chi connectivity index (χ0n) is 20.3. The van der Waals surface area contributed by atoms with Gasteiger partial charge in [0.2, 0.25) is 17.5 Å². The molecule has 2 aromatic carbocycles. The molecule has 1 aliphatic heterocycles. The van der Waals surface area contributed by atoms with E-state index in [9.17, 15) is 19.5 Å². The van der Waals surface area contributed by atoms with Gasteiger partial charge >= 0.3 is 5.69 Å². The molecule has 1 aromatic heterocycles. The molecular weight excluding hydrogens is 468 g/mol. The normalized spacial score (nSPS) is 14.9. The van der Waals surface area contributed by atoms with Gasteiger partial charge in [0.05, 0.1) is 39.6 Å². The van der Waals surface area contributed by atoms with Crippen LogP contribution in [0.1, 0.15) is 36.1 Å². The SMILES string of the molecule is COc1cc([C@@H]2CC(c3c(O)n(Cc4ccccc4)c(=O)[nH]c3=O)=NN2C(C)=O)cc(OC)c1OC. The molecule has 0 spiro atoms. The highest BCUT2D eigenvalue weighted by Gasteiger charge is 2.35. The summed E-state index contributed by atoms with van der Waals surface area (Å²) in [5.41, 5.74) is -0.201. The molecule has 11 heteroatoms. The lowest BCUT2D eigenvalue weighted by molar-refractivity contribution is -0.130. The molecule has 0 unspecified atom stereocenters. The van der Waals surface area contributed by atoms with Gasteiger partial charge in [0.15, 0.2) is 11.5 Å². The summed E-state index contributed by atoms with van der Waals surface area (Å²) in [6.45, 7) is 1.38. The van der Waals surface area contributed by atoms with Crippen molar-refractivity contribution in [3.63, 3.8) is 0 Å². The lowest BCUT2D eigenvalue weighted by Crippen LogP contribution is -2.34. The average molecular weight is 495 g/mol. The van der Waals surface area contributed by atoms with Crippen LogP contribution in [0.25, 0.3) is 0 Å². The summed E-state index contributed by atoms with van der Waals surface area (Å²) >= 11 is 0. The fraction of sp³-hybridized carbons (Fsp3) is 0.280. The molecule has 1 aliphatic rings. The zero-order valence-corrected chi connectivity index (χ0v) is 20.3. The number of aromatic hydroxyl groups is 1. The van der Waals surface area contributed by atoms with Gasteiger partial charge in [0.1, 0.15) is 5.56 Å². The second-order valence-electron chi connectivity index (χ2n) is 8.12. The van der Waals surface area contributed by atoms with Crippen LogP contribution < -0.4 is 25.5 Å². The van der Waals surface area contributed by atoms with E-state index in [1.54, 1.807) is 36.4 Å². The summed E-state index contributed by atoms with van der Waals surface area (Å²) < 4.78 is 17.3. The molecule has 0 fully saturated rings. The molecule has 1 amide bonds. The van der Waals surface area contributed by atoms with Crippen LogP contribution >= 0.6 is 0 Å². The average Bonchev–Trinajstić information content (AvgIpc) is 3.31. The first-order valence-corrected chi connectivity index (χ1v) is 11.1. The number of nitrogens with one attached hydrogen (secondary N) is 1. The van der Waals surface area contributed by atoms with Crippen LogP contribution in [0.15, 0.2) is 57.2 Å². The minimum atomic E-state index is -0.797. The molecule has 0 saturated heterocycles. The Kier molecular flexibility index (Phi) is 6.82. The number of ether oxygens (including phenoxy) is 3. The molecular formula is C25H26N4O7. The van der Waals surface area contributed by atoms with E-state index < -0.39 is 23.2 Å². The molecule has 11 nitrogen and oxygen atoms in total. The van der Waals surface area contributed by atoms with Crippen molar-refractivity contribution < 1.29 is 24.1 Å². The number of hydrogen-bond donors (Lipinski definition) is 2. The Morgan fingerprint density at radius 3 is 2.28 bits per heavy atom. The summed E-state index contributed by atoms with van der Waals surface area (Å²) in [7, 11) is 4.44. The molecule has 3 aromatic rings. The number of rotatable bonds is 7. The van der Waals surface area contributed by atoms with Gasteiger partial charge in [0.25, 0.3) is 5.56 Å². The highest BCUT2D eigenvalue weighted by molar-refractivity contribution is 6.04. The molecule has 0 bridgehead atoms. The quantitative estimate of drug-likeness (QED) is 0.513. The predicted octanol–water partition coefficient (Wildman–Crippen LogP) is 2.01. The maximum Gasteiger partial charge on any atom is 0.331 e. The van der Waals surface area contributed by atoms with E-state index in [1.807, 2.05) is 6.07 Å². The topological polar surface area (TPSA) is 135 Å². The molecule has 4 rings (SSSR count). The van der Waals surface area contributed by atoms with Gasteiger partial charge in [-0.2, -0.15) is 5.10 Å². The number of benzene rings is 2. The summed E-state index contributed by atoms with van der Waals surface area (Å²) in [6.07, 6.45) is 0.0956. The first-order valence-electron chi connectivity index (χ1n) is 11.1. The maximum absolute atomic E-state index is 12.8. The fourth-order valence-corrected chi connectivity index (χ4v) is 4.24. The monoisotopic (exact) mass is 494 g/mol. The predicted molar refractivity (Wildman–Crippen MR) is 131 cm³/mol. The van der Waals surface area contributed by atoms with Gasteiger partial charge < -0.3 is 19.3 Å². The number of aromatic nitrogens is 2. The van der Waals surface area contributed by atoms with Crippen molar-refractivity contribution in [2.45, 2.75) is 25.9 Å². The third-order valence-electron chi connectivity index (χ3n) is 5.95. The van der Waals surface area contributed by atoms with E-state index in [-0.39, 0.29) is 30.1 Å². The van der Waals surface area contributed by atoms with Crippen LogP contribution in [0.4, 0.5) is 0 Å². The van der Waals surface area contributed by atoms with Crippen molar-refractivity contribution >= 4 is 11.6 Å². The van der Waals surface area contributed by atoms with Crippen molar-refractivity contribution in [1.82, 2.24) is 14.6 Å². The number of nitrogens with zero attached hydrogens (tertiary/aromatic N) is 3. The largest absolute Gasteiger partial charge is 0.494 e. The summed E-state index contributed by atoms with van der Waals surface area (Å²) in [5.74, 6) is 0.263. The second-order valence-corrected chi connectivity index (χ2v) is 8.12. The number of carbonyl (C=O) groups excluding carboxylic acids is 1. The van der Waals surface area contributed by atoms with Crippen LogP contribution in [0.5, 0.6) is 23.1 Å². The Morgan fingerprint density at radius 1 is 1.08 bits per heavy atom. The fourth-order valence-electron chi connectivity index (χ4n) is 4.24. The summed E-state index contributed by atoms with van der Waals surface area (Å²) in [4.78, 5) is 40.0. The van der Waals surface area contributed by atoms with Crippen molar-refractivity contribution in [3.8, 4) is 23.1 Å². The van der Waals surface area contributed by atoms with E-state index in [0.29, 0.717) is 22.8 Å². The van der Waals surface area contributed by atoms with Crippen molar-refractivity contribution in [3.05, 3.63) is 80.0 Å². The minimum Gasteiger partial charge on any atom is -0.494 e. The molecule has 188 valence electrons. The molecule has 2 N–H and O–H groups in total. The third-order valence-corrected chi connectivity index (χ3v) is 5.95. The van der Waals surface area contributed by atoms with E-state index in [0.717, 1.165) is 10.1 Å². The van der Waals surface area contributed by atoms with Crippen LogP contribution in [-0.2, 0) is 11.3 Å². The number of H-pyrrole nitrogens is 1. The zero-order chi connectivity index (χ0) is 26.0. The molecule has 2 heterocycles. The van der Waals surface area contributed by atoms with Gasteiger partial charge in [-0.05, 0) is 23.3 Å². The highest BCUT2D eigenvalue weighted by atomic mass is 16.5. The van der Waals surface area contributed by atoms with Crippen LogP contribution in [-0.4, -0.2) is 52.6 Å². The lowest BCUT2D eigenvalue weighted by Gasteiger charge is -2.22. The van der Waals surface area contributed by atoms with Crippen LogP contribution in [0.2, 0.25) is 0 Å². The smallest absolute Gasteiger partial charge is 0.331 e. The third kappa shape index (κ3) is 4.42. The van der Waals surface area contributed by atoms with E-state index in [1.165, 1.54) is 33.3 Å². The molecule has 0 saturated carbocycles. The molecule has 36 heavy (non-hydrogen) atoms. The van der Waals surface area contributed by atoms with Gasteiger partial charge in [-0.3, -0.25) is 19.1 Å². The van der Waals surface area contributed by atoms with Crippen LogP contribution in [0, 0.1) is 0 Å². The Hall–Kier alpha value is -4.54. The van der Waals surface area contributed by atoms with E-state index >= 15 is 0 Å². The number of methoxy groups -OCH3 is 3. The second kappa shape index (κ2) is 9.98. The van der Waals surface area contributed by atoms with E-state index in [4.69, 9.17) is 14.2 Å². The molecule has 0 aliphatic carbocycles. The van der Waals surface area contributed by atoms with Gasteiger partial charge in [-0.15, -0.1) is 0 Å². The standard InChI is InChI=1S/C25H26N4O7/c1-14(30)29-18(16-10-19(34-2)22(36-4)20(11-16)35-3)12-17(27-29)21-23(31)26-25(33)28(24(21)32)13-15-8-6-5-7-9-15/h5-11,18,32H,12-13H2,1-4H3,(H,26,31,33)/t18-/m0/s1. The van der Waals surface area contributed by atoms with Crippen molar-refractivity contribution in [2.75, 3.05) is 21.3 Å². The van der Waals surface area contributed by atoms with Crippen molar-refractivity contribution in [2.24, 2.45) is 5.10 Å². The van der Waals surface area contributed by atoms with Crippen molar-refractivity contribution in [1.29, 1.82) is 0 Å². The number of hydrazone groups is 1. The number of amides is 1. The van der Waals surface area contributed by atoms with Crippen LogP contribution in [0.3, 0.4) is 0 Å². The first-order chi connectivity index (χ1) is 17.3. The highest BCUT2D eigenvalue weighted by Crippen LogP contribution is 2.43. The maximum atomic E-state index is 12.8. The van der Waals surface area contributed by atoms with E-state index in [2.05, 4.69) is 10.1 Å².